The predicted octanol–water partition coefficient (Wildman–Crippen LogP) is 4.24. The van der Waals surface area contributed by atoms with Crippen LogP contribution < -0.4 is 5.32 Å². The van der Waals surface area contributed by atoms with Gasteiger partial charge >= 0.3 is 0 Å². The van der Waals surface area contributed by atoms with E-state index >= 15 is 0 Å². The molecule has 0 aromatic carbocycles. The second-order valence-electron chi connectivity index (χ2n) is 7.64. The van der Waals surface area contributed by atoms with Gasteiger partial charge in [-0.05, 0) is 18.9 Å². The molecule has 2 unspecified atom stereocenters. The molecule has 5 rings (SSSR count). The molecule has 9 heteroatoms. The Morgan fingerprint density at radius 3 is 2.93 bits per heavy atom. The van der Waals surface area contributed by atoms with Gasteiger partial charge < -0.3 is 14.9 Å². The van der Waals surface area contributed by atoms with Crippen LogP contribution in [0.5, 0.6) is 0 Å². The van der Waals surface area contributed by atoms with Gasteiger partial charge in [0.1, 0.15) is 11.3 Å². The van der Waals surface area contributed by atoms with E-state index in [1.165, 1.54) is 12.4 Å². The molecule has 4 aromatic heterocycles. The van der Waals surface area contributed by atoms with E-state index in [2.05, 4.69) is 20.3 Å². The number of hydrogen-bond acceptors (Lipinski definition) is 4. The van der Waals surface area contributed by atoms with Gasteiger partial charge in [-0.2, -0.15) is 0 Å². The minimum absolute atomic E-state index is 0.0198. The number of carbonyl (C=O) groups excluding carboxylic acids is 1. The second-order valence-corrected chi connectivity index (χ2v) is 8.08. The lowest BCUT2D eigenvalue weighted by Crippen LogP contribution is -2.36. The Hall–Kier alpha value is -3.00. The molecule has 0 bridgehead atoms. The first kappa shape index (κ1) is 19.0. The SMILES string of the molecule is CNC(=O)C1CCCCC1n1cc(F)c2cnc(-c3c[nH]c4ncc(Cl)cc34)nc21. The summed E-state index contributed by atoms with van der Waals surface area (Å²) in [5.74, 6) is -0.173. The van der Waals surface area contributed by atoms with Crippen molar-refractivity contribution in [2.75, 3.05) is 7.05 Å². The summed E-state index contributed by atoms with van der Waals surface area (Å²) >= 11 is 6.11. The minimum Gasteiger partial charge on any atom is -0.359 e. The van der Waals surface area contributed by atoms with E-state index in [4.69, 9.17) is 16.6 Å². The number of H-pyrrole nitrogens is 1. The number of fused-ring (bicyclic) bond motifs is 2. The zero-order valence-electron chi connectivity index (χ0n) is 16.3. The Balaban J connectivity index is 1.65. The summed E-state index contributed by atoms with van der Waals surface area (Å²) in [5, 5.41) is 4.39. The monoisotopic (exact) mass is 426 g/mol. The van der Waals surface area contributed by atoms with Crippen molar-refractivity contribution in [1.82, 2.24) is 29.8 Å². The first-order valence-electron chi connectivity index (χ1n) is 9.94. The summed E-state index contributed by atoms with van der Waals surface area (Å²) in [6, 6.07) is 1.65. The van der Waals surface area contributed by atoms with Crippen LogP contribution in [0.15, 0.2) is 30.9 Å². The number of nitrogens with one attached hydrogen (secondary N) is 2. The van der Waals surface area contributed by atoms with Crippen LogP contribution in [-0.4, -0.2) is 37.5 Å². The third kappa shape index (κ3) is 3.02. The molecule has 0 radical (unpaired) electrons. The predicted molar refractivity (Wildman–Crippen MR) is 113 cm³/mol. The molecule has 0 spiro atoms. The second kappa shape index (κ2) is 7.36. The van der Waals surface area contributed by atoms with Crippen molar-refractivity contribution in [3.63, 3.8) is 0 Å². The third-order valence-corrected chi connectivity index (χ3v) is 6.14. The van der Waals surface area contributed by atoms with Gasteiger partial charge in [-0.1, -0.05) is 24.4 Å². The highest BCUT2D eigenvalue weighted by Gasteiger charge is 2.33. The molecule has 2 atom stereocenters. The van der Waals surface area contributed by atoms with Crippen molar-refractivity contribution in [3.8, 4) is 11.4 Å². The number of halogens is 2. The quantitative estimate of drug-likeness (QED) is 0.512. The van der Waals surface area contributed by atoms with Crippen molar-refractivity contribution >= 4 is 39.6 Å². The molecular weight excluding hydrogens is 407 g/mol. The van der Waals surface area contributed by atoms with E-state index in [0.717, 1.165) is 36.6 Å². The molecule has 0 aliphatic heterocycles. The highest BCUT2D eigenvalue weighted by molar-refractivity contribution is 6.31. The summed E-state index contributed by atoms with van der Waals surface area (Å²) in [6.07, 6.45) is 9.83. The number of aromatic amines is 1. The topological polar surface area (TPSA) is 88.5 Å². The maximum atomic E-state index is 14.7. The standard InChI is InChI=1S/C21H20ClFN6O/c1-24-21(30)12-4-2-3-5-17(12)29-10-16(23)15-9-27-19(28-20(15)29)14-8-26-18-13(14)6-11(22)7-25-18/h6-10,12,17H,2-5H2,1H3,(H,24,30)(H,25,26). The molecular formula is C21H20ClFN6O. The molecule has 1 saturated carbocycles. The van der Waals surface area contributed by atoms with Gasteiger partial charge in [0.05, 0.1) is 16.3 Å². The number of amides is 1. The lowest BCUT2D eigenvalue weighted by molar-refractivity contribution is -0.126. The smallest absolute Gasteiger partial charge is 0.224 e. The molecule has 7 nitrogen and oxygen atoms in total. The van der Waals surface area contributed by atoms with Crippen LogP contribution in [0.2, 0.25) is 5.02 Å². The van der Waals surface area contributed by atoms with E-state index in [1.54, 1.807) is 25.5 Å². The molecule has 1 aliphatic carbocycles. The molecule has 1 amide bonds. The highest BCUT2D eigenvalue weighted by atomic mass is 35.5. The number of hydrogen-bond donors (Lipinski definition) is 2. The van der Waals surface area contributed by atoms with Crippen LogP contribution >= 0.6 is 11.6 Å². The average molecular weight is 427 g/mol. The van der Waals surface area contributed by atoms with Gasteiger partial charge in [0.25, 0.3) is 0 Å². The Morgan fingerprint density at radius 1 is 1.27 bits per heavy atom. The van der Waals surface area contributed by atoms with Crippen LogP contribution in [-0.2, 0) is 4.79 Å². The zero-order valence-corrected chi connectivity index (χ0v) is 17.1. The van der Waals surface area contributed by atoms with Gasteiger partial charge in [-0.3, -0.25) is 4.79 Å². The minimum atomic E-state index is -0.388. The Labute approximate surface area is 176 Å². The van der Waals surface area contributed by atoms with Gasteiger partial charge in [0, 0.05) is 48.8 Å². The normalized spacial score (nSPS) is 19.4. The van der Waals surface area contributed by atoms with Gasteiger partial charge in [0.2, 0.25) is 5.91 Å². The zero-order chi connectivity index (χ0) is 20.8. The number of pyridine rings is 1. The first-order chi connectivity index (χ1) is 14.6. The van der Waals surface area contributed by atoms with E-state index in [1.807, 2.05) is 4.57 Å². The molecule has 1 fully saturated rings. The number of carbonyl (C=O) groups is 1. The van der Waals surface area contributed by atoms with Crippen LogP contribution in [0, 0.1) is 11.7 Å². The Bertz CT molecular complexity index is 1270. The van der Waals surface area contributed by atoms with Gasteiger partial charge in [0.15, 0.2) is 11.6 Å². The molecule has 0 saturated heterocycles. The average Bonchev–Trinajstić information content (AvgIpc) is 3.33. The molecule has 4 heterocycles. The van der Waals surface area contributed by atoms with Crippen molar-refractivity contribution in [3.05, 3.63) is 41.7 Å². The number of rotatable bonds is 3. The fraction of sp³-hybridized carbons (Fsp3) is 0.333. The molecule has 1 aliphatic rings. The summed E-state index contributed by atoms with van der Waals surface area (Å²) in [5.41, 5.74) is 1.90. The Kier molecular flexibility index (Phi) is 4.66. The number of aromatic nitrogens is 5. The van der Waals surface area contributed by atoms with Gasteiger partial charge in [-0.25, -0.2) is 19.3 Å². The van der Waals surface area contributed by atoms with Crippen LogP contribution in [0.25, 0.3) is 33.5 Å². The van der Waals surface area contributed by atoms with E-state index in [9.17, 15) is 9.18 Å². The summed E-state index contributed by atoms with van der Waals surface area (Å²) in [6.45, 7) is 0. The van der Waals surface area contributed by atoms with E-state index < -0.39 is 0 Å². The van der Waals surface area contributed by atoms with Crippen LogP contribution in [0.3, 0.4) is 0 Å². The number of nitrogens with zero attached hydrogens (tertiary/aromatic N) is 4. The van der Waals surface area contributed by atoms with Crippen LogP contribution in [0.4, 0.5) is 4.39 Å². The fourth-order valence-electron chi connectivity index (χ4n) is 4.47. The fourth-order valence-corrected chi connectivity index (χ4v) is 4.63. The highest BCUT2D eigenvalue weighted by Crippen LogP contribution is 2.37. The molecule has 4 aromatic rings. The largest absolute Gasteiger partial charge is 0.359 e. The lowest BCUT2D eigenvalue weighted by atomic mass is 9.83. The first-order valence-corrected chi connectivity index (χ1v) is 10.3. The van der Waals surface area contributed by atoms with Crippen molar-refractivity contribution < 1.29 is 9.18 Å². The summed E-state index contributed by atoms with van der Waals surface area (Å²) < 4.78 is 16.5. The van der Waals surface area contributed by atoms with Gasteiger partial charge in [-0.15, -0.1) is 0 Å². The Morgan fingerprint density at radius 2 is 2.10 bits per heavy atom. The van der Waals surface area contributed by atoms with E-state index in [-0.39, 0.29) is 23.7 Å². The summed E-state index contributed by atoms with van der Waals surface area (Å²) in [7, 11) is 1.64. The lowest BCUT2D eigenvalue weighted by Gasteiger charge is -2.31. The third-order valence-electron chi connectivity index (χ3n) is 5.93. The van der Waals surface area contributed by atoms with Crippen molar-refractivity contribution in [1.29, 1.82) is 0 Å². The molecule has 2 N–H and O–H groups in total. The maximum Gasteiger partial charge on any atom is 0.224 e. The molecule has 30 heavy (non-hydrogen) atoms. The van der Waals surface area contributed by atoms with E-state index in [0.29, 0.717) is 27.5 Å². The maximum absolute atomic E-state index is 14.7. The van der Waals surface area contributed by atoms with Crippen molar-refractivity contribution in [2.24, 2.45) is 5.92 Å². The summed E-state index contributed by atoms with van der Waals surface area (Å²) in [4.78, 5) is 28.9. The molecule has 154 valence electrons. The van der Waals surface area contributed by atoms with Crippen molar-refractivity contribution in [2.45, 2.75) is 31.7 Å². The van der Waals surface area contributed by atoms with Crippen LogP contribution in [0.1, 0.15) is 31.7 Å².